The third kappa shape index (κ3) is 4.07. The van der Waals surface area contributed by atoms with E-state index in [-0.39, 0.29) is 23.8 Å². The zero-order chi connectivity index (χ0) is 15.1. The summed E-state index contributed by atoms with van der Waals surface area (Å²) >= 11 is 0. The minimum atomic E-state index is -0.836. The van der Waals surface area contributed by atoms with Crippen molar-refractivity contribution in [3.8, 4) is 5.75 Å². The Kier molecular flexibility index (Phi) is 4.93. The number of hydrogen-bond donors (Lipinski definition) is 1. The number of nitrogens with one attached hydrogen (secondary N) is 1. The summed E-state index contributed by atoms with van der Waals surface area (Å²) in [5.41, 5.74) is 0.919. The first-order chi connectivity index (χ1) is 10.2. The second kappa shape index (κ2) is 7.09. The Morgan fingerprint density at radius 3 is 2.38 bits per heavy atom. The fourth-order valence-electron chi connectivity index (χ4n) is 1.70. The molecular formula is C16H15NO4. The predicted molar refractivity (Wildman–Crippen MR) is 78.5 cm³/mol. The van der Waals surface area contributed by atoms with E-state index in [0.717, 1.165) is 0 Å². The molecule has 0 saturated heterocycles. The van der Waals surface area contributed by atoms with Crippen LogP contribution in [0, 0.1) is 0 Å². The van der Waals surface area contributed by atoms with Gasteiger partial charge in [0.05, 0.1) is 12.2 Å². The lowest BCUT2D eigenvalue weighted by molar-refractivity contribution is 0.0994. The van der Waals surface area contributed by atoms with Crippen molar-refractivity contribution in [1.29, 1.82) is 0 Å². The molecule has 2 aromatic carbocycles. The van der Waals surface area contributed by atoms with Gasteiger partial charge in [0.15, 0.2) is 0 Å². The van der Waals surface area contributed by atoms with Crippen molar-refractivity contribution in [2.24, 2.45) is 0 Å². The van der Waals surface area contributed by atoms with Crippen LogP contribution in [-0.4, -0.2) is 18.7 Å². The zero-order valence-corrected chi connectivity index (χ0v) is 11.5. The van der Waals surface area contributed by atoms with Gasteiger partial charge in [-0.25, -0.2) is 4.79 Å². The van der Waals surface area contributed by atoms with E-state index >= 15 is 0 Å². The van der Waals surface area contributed by atoms with Crippen molar-refractivity contribution in [3.63, 3.8) is 0 Å². The average molecular weight is 285 g/mol. The number of benzene rings is 2. The van der Waals surface area contributed by atoms with Crippen LogP contribution in [0.3, 0.4) is 0 Å². The maximum atomic E-state index is 12.2. The van der Waals surface area contributed by atoms with Gasteiger partial charge in [0.2, 0.25) is 0 Å². The summed E-state index contributed by atoms with van der Waals surface area (Å²) in [5.74, 6) is -0.203. The van der Waals surface area contributed by atoms with Crippen LogP contribution >= 0.6 is 0 Å². The summed E-state index contributed by atoms with van der Waals surface area (Å²) in [5, 5.41) is 2.73. The third-order valence-electron chi connectivity index (χ3n) is 2.62. The highest BCUT2D eigenvalue weighted by atomic mass is 16.7. The number of anilines is 1. The third-order valence-corrected chi connectivity index (χ3v) is 2.62. The van der Waals surface area contributed by atoms with E-state index in [1.165, 1.54) is 6.07 Å². The number of rotatable bonds is 4. The molecule has 0 aromatic heterocycles. The zero-order valence-electron chi connectivity index (χ0n) is 11.5. The highest BCUT2D eigenvalue weighted by molar-refractivity contribution is 6.06. The van der Waals surface area contributed by atoms with Crippen molar-refractivity contribution in [2.45, 2.75) is 6.92 Å². The first-order valence-corrected chi connectivity index (χ1v) is 6.50. The van der Waals surface area contributed by atoms with E-state index in [1.54, 1.807) is 37.3 Å². The second-order valence-electron chi connectivity index (χ2n) is 4.10. The van der Waals surface area contributed by atoms with Crippen LogP contribution in [0.5, 0.6) is 5.75 Å². The standard InChI is InChI=1S/C16H15NO4/c1-2-20-16(19)21-14-11-7-6-10-13(14)15(18)17-12-8-4-3-5-9-12/h3-11H,2H2,1H3,(H,17,18). The van der Waals surface area contributed by atoms with Gasteiger partial charge in [-0.2, -0.15) is 0 Å². The minimum Gasteiger partial charge on any atom is -0.434 e. The SMILES string of the molecule is CCOC(=O)Oc1ccccc1C(=O)Nc1ccccc1. The van der Waals surface area contributed by atoms with Gasteiger partial charge < -0.3 is 14.8 Å². The van der Waals surface area contributed by atoms with Crippen LogP contribution in [0.25, 0.3) is 0 Å². The highest BCUT2D eigenvalue weighted by Crippen LogP contribution is 2.20. The molecule has 0 radical (unpaired) electrons. The Bertz CT molecular complexity index is 625. The molecule has 0 spiro atoms. The van der Waals surface area contributed by atoms with Gasteiger partial charge in [-0.1, -0.05) is 30.3 Å². The molecule has 5 nitrogen and oxygen atoms in total. The molecule has 1 amide bonds. The molecule has 2 aromatic rings. The molecule has 0 aliphatic rings. The quantitative estimate of drug-likeness (QED) is 0.690. The first-order valence-electron chi connectivity index (χ1n) is 6.50. The summed E-state index contributed by atoms with van der Waals surface area (Å²) in [6, 6.07) is 15.5. The van der Waals surface area contributed by atoms with Gasteiger partial charge in [-0.05, 0) is 31.2 Å². The summed E-state index contributed by atoms with van der Waals surface area (Å²) in [6.07, 6.45) is -0.836. The number of carbonyl (C=O) groups is 2. The van der Waals surface area contributed by atoms with E-state index in [1.807, 2.05) is 18.2 Å². The van der Waals surface area contributed by atoms with Crippen molar-refractivity contribution in [2.75, 3.05) is 11.9 Å². The fraction of sp³-hybridized carbons (Fsp3) is 0.125. The van der Waals surface area contributed by atoms with E-state index in [4.69, 9.17) is 9.47 Å². The van der Waals surface area contributed by atoms with Crippen molar-refractivity contribution in [1.82, 2.24) is 0 Å². The molecule has 0 saturated carbocycles. The number of para-hydroxylation sites is 2. The van der Waals surface area contributed by atoms with Crippen molar-refractivity contribution >= 4 is 17.7 Å². The molecule has 0 bridgehead atoms. The van der Waals surface area contributed by atoms with Gasteiger partial charge in [0, 0.05) is 5.69 Å². The van der Waals surface area contributed by atoms with Crippen molar-refractivity contribution < 1.29 is 19.1 Å². The molecule has 0 heterocycles. The molecule has 0 aliphatic carbocycles. The molecule has 1 N–H and O–H groups in total. The van der Waals surface area contributed by atoms with Gasteiger partial charge in [0.25, 0.3) is 5.91 Å². The van der Waals surface area contributed by atoms with Gasteiger partial charge in [0.1, 0.15) is 5.75 Å². The van der Waals surface area contributed by atoms with E-state index in [0.29, 0.717) is 5.69 Å². The van der Waals surface area contributed by atoms with Crippen LogP contribution in [0.15, 0.2) is 54.6 Å². The van der Waals surface area contributed by atoms with Crippen LogP contribution in [0.1, 0.15) is 17.3 Å². The maximum Gasteiger partial charge on any atom is 0.513 e. The molecule has 5 heteroatoms. The highest BCUT2D eigenvalue weighted by Gasteiger charge is 2.15. The van der Waals surface area contributed by atoms with Crippen LogP contribution in [-0.2, 0) is 4.74 Å². The first kappa shape index (κ1) is 14.6. The van der Waals surface area contributed by atoms with E-state index in [2.05, 4.69) is 5.32 Å². The molecule has 0 atom stereocenters. The molecule has 0 aliphatic heterocycles. The molecular weight excluding hydrogens is 270 g/mol. The molecule has 2 rings (SSSR count). The molecule has 0 fully saturated rings. The Hall–Kier alpha value is -2.82. The predicted octanol–water partition coefficient (Wildman–Crippen LogP) is 3.47. The summed E-state index contributed by atoms with van der Waals surface area (Å²) < 4.78 is 9.73. The second-order valence-corrected chi connectivity index (χ2v) is 4.10. The Labute approximate surface area is 122 Å². The maximum absolute atomic E-state index is 12.2. The van der Waals surface area contributed by atoms with Crippen LogP contribution in [0.2, 0.25) is 0 Å². The summed E-state index contributed by atoms with van der Waals surface area (Å²) in [7, 11) is 0. The Morgan fingerprint density at radius 2 is 1.67 bits per heavy atom. The largest absolute Gasteiger partial charge is 0.513 e. The number of carbonyl (C=O) groups excluding carboxylic acids is 2. The normalized spacial score (nSPS) is 9.76. The Morgan fingerprint density at radius 1 is 1.00 bits per heavy atom. The number of amides is 1. The fourth-order valence-corrected chi connectivity index (χ4v) is 1.70. The minimum absolute atomic E-state index is 0.157. The lowest BCUT2D eigenvalue weighted by atomic mass is 10.2. The lowest BCUT2D eigenvalue weighted by Crippen LogP contribution is -2.16. The van der Waals surface area contributed by atoms with E-state index < -0.39 is 6.16 Å². The van der Waals surface area contributed by atoms with Gasteiger partial charge in [-0.15, -0.1) is 0 Å². The number of hydrogen-bond acceptors (Lipinski definition) is 4. The Balaban J connectivity index is 2.15. The van der Waals surface area contributed by atoms with E-state index in [9.17, 15) is 9.59 Å². The summed E-state index contributed by atoms with van der Waals surface area (Å²) in [4.78, 5) is 23.6. The lowest BCUT2D eigenvalue weighted by Gasteiger charge is -2.10. The van der Waals surface area contributed by atoms with Crippen LogP contribution < -0.4 is 10.1 Å². The molecule has 0 unspecified atom stereocenters. The van der Waals surface area contributed by atoms with Crippen molar-refractivity contribution in [3.05, 3.63) is 60.2 Å². The van der Waals surface area contributed by atoms with Gasteiger partial charge in [-0.3, -0.25) is 4.79 Å². The topological polar surface area (TPSA) is 64.6 Å². The van der Waals surface area contributed by atoms with Gasteiger partial charge >= 0.3 is 6.16 Å². The summed E-state index contributed by atoms with van der Waals surface area (Å²) in [6.45, 7) is 1.88. The van der Waals surface area contributed by atoms with Crippen LogP contribution in [0.4, 0.5) is 10.5 Å². The number of ether oxygens (including phenoxy) is 2. The average Bonchev–Trinajstić information content (AvgIpc) is 2.49. The molecule has 21 heavy (non-hydrogen) atoms. The smallest absolute Gasteiger partial charge is 0.434 e. The molecule has 108 valence electrons. The monoisotopic (exact) mass is 285 g/mol.